The first-order valence-electron chi connectivity index (χ1n) is 8.56. The molecule has 27 heavy (non-hydrogen) atoms. The van der Waals surface area contributed by atoms with E-state index in [0.717, 1.165) is 11.3 Å². The number of rotatable bonds is 5. The predicted molar refractivity (Wildman–Crippen MR) is 92.7 cm³/mol. The zero-order valence-corrected chi connectivity index (χ0v) is 14.5. The Kier molecular flexibility index (Phi) is 3.94. The van der Waals surface area contributed by atoms with Crippen molar-refractivity contribution in [2.45, 2.75) is 6.42 Å². The molecular weight excluding hydrogens is 354 g/mol. The summed E-state index contributed by atoms with van der Waals surface area (Å²) in [5.41, 5.74) is -0.102. The summed E-state index contributed by atoms with van der Waals surface area (Å²) in [5, 5.41) is 13.4. The summed E-state index contributed by atoms with van der Waals surface area (Å²) >= 11 is 0. The van der Waals surface area contributed by atoms with Crippen LogP contribution < -0.4 is 10.1 Å². The van der Waals surface area contributed by atoms with Crippen molar-refractivity contribution in [1.29, 1.82) is 0 Å². The average molecular weight is 371 g/mol. The van der Waals surface area contributed by atoms with Crippen LogP contribution in [0.25, 0.3) is 0 Å². The summed E-state index contributed by atoms with van der Waals surface area (Å²) in [5.74, 6) is -1.60. The third-order valence-electron chi connectivity index (χ3n) is 5.53. The van der Waals surface area contributed by atoms with Crippen molar-refractivity contribution in [2.24, 2.45) is 23.7 Å². The molecule has 1 heterocycles. The van der Waals surface area contributed by atoms with Crippen LogP contribution in [0.15, 0.2) is 30.4 Å². The molecule has 0 unspecified atom stereocenters. The van der Waals surface area contributed by atoms with Crippen LogP contribution >= 0.6 is 0 Å². The third-order valence-corrected chi connectivity index (χ3v) is 5.53. The standard InChI is InChI=1S/C18H17N3O6/c1-27-13-5-4-11(21(25)26)7-12(13)19-14(22)8-20-17(23)15-9-2-3-10(6-9)16(15)18(20)24/h2-5,7,9-10,15-16H,6,8H2,1H3,(H,19,22)/t9-,10+,15+,16-. The minimum Gasteiger partial charge on any atom is -0.495 e. The van der Waals surface area contributed by atoms with Gasteiger partial charge in [0.1, 0.15) is 12.3 Å². The van der Waals surface area contributed by atoms with Gasteiger partial charge in [0, 0.05) is 12.1 Å². The SMILES string of the molecule is COc1ccc([N+](=O)[O-])cc1NC(=O)CN1C(=O)[C@@H]2[C@H](C1=O)[C@H]1C=C[C@@H]2C1. The second-order valence-corrected chi connectivity index (χ2v) is 6.95. The minimum atomic E-state index is -0.615. The largest absolute Gasteiger partial charge is 0.495 e. The van der Waals surface area contributed by atoms with E-state index < -0.39 is 17.4 Å². The number of anilines is 1. The fourth-order valence-corrected chi connectivity index (χ4v) is 4.36. The normalized spacial score (nSPS) is 27.8. The lowest BCUT2D eigenvalue weighted by Gasteiger charge is -2.17. The lowest BCUT2D eigenvalue weighted by Crippen LogP contribution is -2.39. The Balaban J connectivity index is 1.49. The summed E-state index contributed by atoms with van der Waals surface area (Å²) in [7, 11) is 1.37. The summed E-state index contributed by atoms with van der Waals surface area (Å²) in [4.78, 5) is 49.0. The molecule has 1 aromatic rings. The number of carbonyl (C=O) groups excluding carboxylic acids is 3. The Morgan fingerprint density at radius 2 is 1.89 bits per heavy atom. The molecule has 1 N–H and O–H groups in total. The zero-order valence-electron chi connectivity index (χ0n) is 14.5. The van der Waals surface area contributed by atoms with Gasteiger partial charge >= 0.3 is 0 Å². The topological polar surface area (TPSA) is 119 Å². The molecule has 1 aliphatic heterocycles. The number of imide groups is 1. The molecule has 4 atom stereocenters. The lowest BCUT2D eigenvalue weighted by molar-refractivity contribution is -0.384. The van der Waals surface area contributed by atoms with Crippen LogP contribution in [0, 0.1) is 33.8 Å². The summed E-state index contributed by atoms with van der Waals surface area (Å²) < 4.78 is 5.10. The van der Waals surface area contributed by atoms with E-state index in [1.54, 1.807) is 0 Å². The molecule has 1 aromatic carbocycles. The van der Waals surface area contributed by atoms with Crippen molar-refractivity contribution in [2.75, 3.05) is 19.0 Å². The lowest BCUT2D eigenvalue weighted by atomic mass is 9.85. The first-order chi connectivity index (χ1) is 12.9. The molecule has 1 saturated heterocycles. The molecule has 9 nitrogen and oxygen atoms in total. The number of ether oxygens (including phenoxy) is 1. The Morgan fingerprint density at radius 3 is 2.44 bits per heavy atom. The maximum atomic E-state index is 12.6. The second kappa shape index (κ2) is 6.19. The highest BCUT2D eigenvalue weighted by molar-refractivity contribution is 6.09. The molecule has 2 aliphatic carbocycles. The van der Waals surface area contributed by atoms with Gasteiger partial charge in [-0.1, -0.05) is 12.2 Å². The number of nitro benzene ring substituents is 1. The molecule has 2 bridgehead atoms. The number of non-ortho nitro benzene ring substituents is 1. The molecule has 9 heteroatoms. The molecule has 0 aromatic heterocycles. The van der Waals surface area contributed by atoms with Gasteiger partial charge in [-0.15, -0.1) is 0 Å². The first-order valence-corrected chi connectivity index (χ1v) is 8.56. The smallest absolute Gasteiger partial charge is 0.271 e. The number of nitro groups is 1. The number of hydrogen-bond donors (Lipinski definition) is 1. The summed E-state index contributed by atoms with van der Waals surface area (Å²) in [6, 6.07) is 3.79. The van der Waals surface area contributed by atoms with E-state index >= 15 is 0 Å². The first kappa shape index (κ1) is 17.2. The predicted octanol–water partition coefficient (Wildman–Crippen LogP) is 1.35. The van der Waals surface area contributed by atoms with Crippen LogP contribution in [0.3, 0.4) is 0 Å². The van der Waals surface area contributed by atoms with Crippen LogP contribution in [0.5, 0.6) is 5.75 Å². The van der Waals surface area contributed by atoms with Gasteiger partial charge in [0.15, 0.2) is 0 Å². The molecule has 1 saturated carbocycles. The van der Waals surface area contributed by atoms with E-state index in [1.807, 2.05) is 12.2 Å². The molecule has 3 amide bonds. The number of hydrogen-bond acceptors (Lipinski definition) is 6. The number of nitrogens with zero attached hydrogens (tertiary/aromatic N) is 2. The number of benzene rings is 1. The average Bonchev–Trinajstić information content (AvgIpc) is 3.31. The van der Waals surface area contributed by atoms with Crippen LogP contribution in [0.1, 0.15) is 6.42 Å². The third kappa shape index (κ3) is 2.66. The quantitative estimate of drug-likeness (QED) is 0.361. The van der Waals surface area contributed by atoms with Gasteiger partial charge in [-0.3, -0.25) is 29.4 Å². The molecule has 4 rings (SSSR count). The van der Waals surface area contributed by atoms with E-state index in [4.69, 9.17) is 4.74 Å². The number of methoxy groups -OCH3 is 1. The molecule has 0 spiro atoms. The van der Waals surface area contributed by atoms with Crippen molar-refractivity contribution in [1.82, 2.24) is 4.90 Å². The van der Waals surface area contributed by atoms with Crippen LogP contribution in [-0.2, 0) is 14.4 Å². The maximum absolute atomic E-state index is 12.6. The van der Waals surface area contributed by atoms with Crippen molar-refractivity contribution >= 4 is 29.1 Å². The number of fused-ring (bicyclic) bond motifs is 5. The van der Waals surface area contributed by atoms with Gasteiger partial charge in [0.25, 0.3) is 5.69 Å². The highest BCUT2D eigenvalue weighted by atomic mass is 16.6. The van der Waals surface area contributed by atoms with Gasteiger partial charge < -0.3 is 10.1 Å². The second-order valence-electron chi connectivity index (χ2n) is 6.95. The van der Waals surface area contributed by atoms with E-state index in [0.29, 0.717) is 0 Å². The van der Waals surface area contributed by atoms with Gasteiger partial charge in [-0.25, -0.2) is 0 Å². The number of carbonyl (C=O) groups is 3. The maximum Gasteiger partial charge on any atom is 0.271 e. The molecule has 140 valence electrons. The van der Waals surface area contributed by atoms with Crippen LogP contribution in [0.2, 0.25) is 0 Å². The Hall–Kier alpha value is -3.23. The molecule has 0 radical (unpaired) electrons. The summed E-state index contributed by atoms with van der Waals surface area (Å²) in [6.45, 7) is -0.421. The van der Waals surface area contributed by atoms with Gasteiger partial charge in [0.05, 0.1) is 29.6 Å². The van der Waals surface area contributed by atoms with Gasteiger partial charge in [-0.05, 0) is 24.3 Å². The number of amides is 3. The van der Waals surface area contributed by atoms with Crippen molar-refractivity contribution in [3.8, 4) is 5.75 Å². The Labute approximate surface area is 154 Å². The minimum absolute atomic E-state index is 0.0707. The number of allylic oxidation sites excluding steroid dienone is 2. The fraction of sp³-hybridized carbons (Fsp3) is 0.389. The van der Waals surface area contributed by atoms with Crippen molar-refractivity contribution in [3.05, 3.63) is 40.5 Å². The zero-order chi connectivity index (χ0) is 19.3. The Bertz CT molecular complexity index is 865. The molecule has 2 fully saturated rings. The van der Waals surface area contributed by atoms with Crippen molar-refractivity contribution in [3.63, 3.8) is 0 Å². The van der Waals surface area contributed by atoms with Gasteiger partial charge in [0.2, 0.25) is 17.7 Å². The van der Waals surface area contributed by atoms with E-state index in [1.165, 1.54) is 25.3 Å². The molecule has 3 aliphatic rings. The number of nitrogens with one attached hydrogen (secondary N) is 1. The van der Waals surface area contributed by atoms with E-state index in [-0.39, 0.29) is 52.6 Å². The van der Waals surface area contributed by atoms with Gasteiger partial charge in [-0.2, -0.15) is 0 Å². The highest BCUT2D eigenvalue weighted by Gasteiger charge is 2.59. The van der Waals surface area contributed by atoms with Crippen molar-refractivity contribution < 1.29 is 24.0 Å². The van der Waals surface area contributed by atoms with Crippen LogP contribution in [0.4, 0.5) is 11.4 Å². The van der Waals surface area contributed by atoms with Crippen LogP contribution in [-0.4, -0.2) is 41.2 Å². The summed E-state index contributed by atoms with van der Waals surface area (Å²) in [6.07, 6.45) is 4.78. The fourth-order valence-electron chi connectivity index (χ4n) is 4.36. The molecular formula is C18H17N3O6. The Morgan fingerprint density at radius 1 is 1.26 bits per heavy atom. The number of likely N-dealkylation sites (tertiary alicyclic amines) is 1. The monoisotopic (exact) mass is 371 g/mol. The van der Waals surface area contributed by atoms with E-state index in [2.05, 4.69) is 5.32 Å². The van der Waals surface area contributed by atoms with E-state index in [9.17, 15) is 24.5 Å². The highest BCUT2D eigenvalue weighted by Crippen LogP contribution is 2.52.